The van der Waals surface area contributed by atoms with Crippen molar-refractivity contribution in [1.82, 2.24) is 9.97 Å². The number of carbonyl (C=O) groups is 1. The second-order valence-electron chi connectivity index (χ2n) is 7.88. The van der Waals surface area contributed by atoms with E-state index in [2.05, 4.69) is 28.5 Å². The molecule has 176 valence electrons. The van der Waals surface area contributed by atoms with Gasteiger partial charge in [-0.2, -0.15) is 0 Å². The van der Waals surface area contributed by atoms with Crippen LogP contribution in [0.2, 0.25) is 0 Å². The minimum atomic E-state index is -0.980. The van der Waals surface area contributed by atoms with E-state index in [1.807, 2.05) is 24.3 Å². The van der Waals surface area contributed by atoms with E-state index in [-0.39, 0.29) is 24.5 Å². The fourth-order valence-corrected chi connectivity index (χ4v) is 4.08. The number of anilines is 1. The van der Waals surface area contributed by atoms with Crippen LogP contribution >= 0.6 is 11.9 Å². The van der Waals surface area contributed by atoms with Crippen LogP contribution < -0.4 is 9.46 Å². The summed E-state index contributed by atoms with van der Waals surface area (Å²) in [6, 6.07) is 11.7. The third-order valence-electron chi connectivity index (χ3n) is 5.25. The lowest BCUT2D eigenvalue weighted by molar-refractivity contribution is 0.103. The number of ketones is 1. The molecule has 2 aromatic heterocycles. The fourth-order valence-electron chi connectivity index (χ4n) is 3.42. The summed E-state index contributed by atoms with van der Waals surface area (Å²) in [5, 5.41) is 9.29. The summed E-state index contributed by atoms with van der Waals surface area (Å²) in [4.78, 5) is 21.0. The van der Waals surface area contributed by atoms with Gasteiger partial charge in [0.2, 0.25) is 5.78 Å². The molecule has 0 atom stereocenters. The largest absolute Gasteiger partial charge is 0.490 e. The maximum Gasteiger partial charge on any atom is 0.201 e. The van der Waals surface area contributed by atoms with Gasteiger partial charge in [0, 0.05) is 22.0 Å². The number of aliphatic hydroxyl groups excluding tert-OH is 1. The molecular formula is C25H23F2N3O3S. The Hall–Kier alpha value is -3.43. The van der Waals surface area contributed by atoms with Crippen LogP contribution in [0.5, 0.6) is 5.75 Å². The number of nitrogens with zero attached hydrogens (tertiary/aromatic N) is 1. The van der Waals surface area contributed by atoms with Crippen molar-refractivity contribution >= 4 is 34.5 Å². The van der Waals surface area contributed by atoms with E-state index in [1.54, 1.807) is 0 Å². The summed E-state index contributed by atoms with van der Waals surface area (Å²) in [6.45, 7) is 4.06. The van der Waals surface area contributed by atoms with Crippen molar-refractivity contribution in [3.05, 3.63) is 83.2 Å². The number of pyridine rings is 1. The van der Waals surface area contributed by atoms with Crippen molar-refractivity contribution < 1.29 is 23.4 Å². The minimum Gasteiger partial charge on any atom is -0.490 e. The lowest BCUT2D eigenvalue weighted by atomic mass is 10.0. The van der Waals surface area contributed by atoms with E-state index in [1.165, 1.54) is 42.0 Å². The van der Waals surface area contributed by atoms with Crippen molar-refractivity contribution in [2.24, 2.45) is 0 Å². The second-order valence-corrected chi connectivity index (χ2v) is 8.76. The molecule has 0 unspecified atom stereocenters. The van der Waals surface area contributed by atoms with Crippen LogP contribution in [0.3, 0.4) is 0 Å². The van der Waals surface area contributed by atoms with Gasteiger partial charge in [0.25, 0.3) is 0 Å². The molecule has 3 N–H and O–H groups in total. The molecule has 0 aliphatic heterocycles. The molecule has 4 aromatic rings. The van der Waals surface area contributed by atoms with E-state index < -0.39 is 23.0 Å². The lowest BCUT2D eigenvalue weighted by Gasteiger charge is -2.11. The Balaban J connectivity index is 1.60. The number of aromatic nitrogens is 2. The summed E-state index contributed by atoms with van der Waals surface area (Å²) in [7, 11) is 0. The molecule has 0 amide bonds. The number of benzene rings is 2. The van der Waals surface area contributed by atoms with E-state index in [4.69, 9.17) is 9.84 Å². The Morgan fingerprint density at radius 1 is 1.21 bits per heavy atom. The van der Waals surface area contributed by atoms with Crippen molar-refractivity contribution in [1.29, 1.82) is 0 Å². The first-order valence-electron chi connectivity index (χ1n) is 10.6. The average molecular weight is 484 g/mol. The summed E-state index contributed by atoms with van der Waals surface area (Å²) in [6.07, 6.45) is 2.79. The van der Waals surface area contributed by atoms with Gasteiger partial charge in [-0.05, 0) is 53.8 Å². The first-order valence-corrected chi connectivity index (χ1v) is 11.5. The predicted octanol–water partition coefficient (Wildman–Crippen LogP) is 5.69. The number of hydrogen-bond acceptors (Lipinski definition) is 6. The summed E-state index contributed by atoms with van der Waals surface area (Å²) in [5.74, 6) is -2.04. The Morgan fingerprint density at radius 3 is 2.68 bits per heavy atom. The molecule has 0 aliphatic rings. The maximum absolute atomic E-state index is 15.3. The van der Waals surface area contributed by atoms with Gasteiger partial charge >= 0.3 is 0 Å². The van der Waals surface area contributed by atoms with Crippen LogP contribution in [0.4, 0.5) is 14.5 Å². The van der Waals surface area contributed by atoms with Crippen LogP contribution in [0.1, 0.15) is 41.3 Å². The predicted molar refractivity (Wildman–Crippen MR) is 128 cm³/mol. The van der Waals surface area contributed by atoms with Gasteiger partial charge in [-0.15, -0.1) is 0 Å². The molecular weight excluding hydrogens is 460 g/mol. The van der Waals surface area contributed by atoms with Gasteiger partial charge in [0.15, 0.2) is 5.82 Å². The number of carbonyl (C=O) groups excluding carboxylic acids is 1. The van der Waals surface area contributed by atoms with Crippen LogP contribution in [-0.4, -0.2) is 34.1 Å². The molecule has 0 bridgehead atoms. The van der Waals surface area contributed by atoms with E-state index in [0.717, 1.165) is 11.0 Å². The number of aliphatic hydroxyl groups is 1. The number of hydrogen-bond donors (Lipinski definition) is 3. The smallest absolute Gasteiger partial charge is 0.201 e. The van der Waals surface area contributed by atoms with Crippen LogP contribution in [0.15, 0.2) is 59.8 Å². The number of fused-ring (bicyclic) bond motifs is 1. The third-order valence-corrected chi connectivity index (χ3v) is 6.08. The van der Waals surface area contributed by atoms with Gasteiger partial charge in [0.1, 0.15) is 23.8 Å². The Labute approximate surface area is 199 Å². The first kappa shape index (κ1) is 23.7. The quantitative estimate of drug-likeness (QED) is 0.210. The van der Waals surface area contributed by atoms with Crippen molar-refractivity contribution in [2.75, 3.05) is 17.9 Å². The highest BCUT2D eigenvalue weighted by molar-refractivity contribution is 8.00. The molecule has 0 saturated heterocycles. The standard InChI is InChI=1S/C25H23F2N3O3S/c1-14(2)15-3-5-17(6-4-15)34-30-21-8-7-20(26)22(23(21)27)24(32)19-13-29-25-18(19)11-16(12-28-25)33-10-9-31/h3-8,11-14,30-31H,9-10H2,1-2H3,(H,28,29). The monoisotopic (exact) mass is 483 g/mol. The normalized spacial score (nSPS) is 11.2. The molecule has 0 saturated carbocycles. The molecule has 34 heavy (non-hydrogen) atoms. The molecule has 6 nitrogen and oxygen atoms in total. The summed E-state index contributed by atoms with van der Waals surface area (Å²) < 4.78 is 38.1. The molecule has 0 spiro atoms. The van der Waals surface area contributed by atoms with Gasteiger partial charge < -0.3 is 19.5 Å². The van der Waals surface area contributed by atoms with Gasteiger partial charge in [-0.25, -0.2) is 13.8 Å². The molecule has 9 heteroatoms. The molecule has 0 fully saturated rings. The van der Waals surface area contributed by atoms with Crippen molar-refractivity contribution in [3.63, 3.8) is 0 Å². The number of nitrogens with one attached hydrogen (secondary N) is 2. The first-order chi connectivity index (χ1) is 16.4. The lowest BCUT2D eigenvalue weighted by Crippen LogP contribution is -2.09. The molecule has 0 radical (unpaired) electrons. The fraction of sp³-hybridized carbons (Fsp3) is 0.200. The zero-order valence-corrected chi connectivity index (χ0v) is 19.4. The zero-order valence-electron chi connectivity index (χ0n) is 18.6. The number of H-pyrrole nitrogens is 1. The molecule has 2 heterocycles. The van der Waals surface area contributed by atoms with E-state index in [9.17, 15) is 9.18 Å². The van der Waals surface area contributed by atoms with Gasteiger partial charge in [0.05, 0.1) is 24.1 Å². The highest BCUT2D eigenvalue weighted by atomic mass is 32.2. The maximum atomic E-state index is 15.3. The van der Waals surface area contributed by atoms with E-state index in [0.29, 0.717) is 22.7 Å². The van der Waals surface area contributed by atoms with E-state index >= 15 is 4.39 Å². The van der Waals surface area contributed by atoms with Crippen molar-refractivity contribution in [2.45, 2.75) is 24.7 Å². The summed E-state index contributed by atoms with van der Waals surface area (Å²) >= 11 is 1.17. The molecule has 0 aliphatic carbocycles. The Morgan fingerprint density at radius 2 is 1.97 bits per heavy atom. The molecule has 4 rings (SSSR count). The Bertz CT molecular complexity index is 1320. The van der Waals surface area contributed by atoms with Crippen LogP contribution in [-0.2, 0) is 0 Å². The zero-order chi connectivity index (χ0) is 24.2. The third kappa shape index (κ3) is 4.90. The minimum absolute atomic E-state index is 0.00683. The average Bonchev–Trinajstić information content (AvgIpc) is 3.25. The number of halogens is 2. The van der Waals surface area contributed by atoms with Gasteiger partial charge in [-0.3, -0.25) is 4.79 Å². The van der Waals surface area contributed by atoms with Gasteiger partial charge in [-0.1, -0.05) is 26.0 Å². The highest BCUT2D eigenvalue weighted by Crippen LogP contribution is 2.31. The van der Waals surface area contributed by atoms with Crippen LogP contribution in [0.25, 0.3) is 11.0 Å². The number of aromatic amines is 1. The number of rotatable bonds is 9. The SMILES string of the molecule is CC(C)c1ccc(SNc2ccc(F)c(C(=O)c3c[nH]c4ncc(OCCO)cc34)c2F)cc1. The Kier molecular flexibility index (Phi) is 7.14. The van der Waals surface area contributed by atoms with Crippen LogP contribution in [0, 0.1) is 11.6 Å². The highest BCUT2D eigenvalue weighted by Gasteiger charge is 2.24. The summed E-state index contributed by atoms with van der Waals surface area (Å²) in [5.41, 5.74) is 0.943. The topological polar surface area (TPSA) is 87.2 Å². The van der Waals surface area contributed by atoms with Crippen molar-refractivity contribution in [3.8, 4) is 5.75 Å². The molecule has 2 aromatic carbocycles. The number of ether oxygens (including phenoxy) is 1. The second kappa shape index (κ2) is 10.2.